The number of benzene rings is 2. The number of nitrogens with one attached hydrogen (secondary N) is 1. The fraction of sp³-hybridized carbons (Fsp3) is 0.136. The number of rotatable bonds is 6. The molecule has 2 aromatic carbocycles. The number of hydrogen-bond donors (Lipinski definition) is 1. The molecule has 0 saturated carbocycles. The summed E-state index contributed by atoms with van der Waals surface area (Å²) in [7, 11) is 0. The Labute approximate surface area is 183 Å². The molecule has 0 spiro atoms. The Hall–Kier alpha value is -3.03. The fourth-order valence-corrected chi connectivity index (χ4v) is 3.93. The van der Waals surface area contributed by atoms with Gasteiger partial charge in [-0.1, -0.05) is 47.6 Å². The second-order valence-electron chi connectivity index (χ2n) is 6.65. The normalized spacial score (nSPS) is 10.9. The summed E-state index contributed by atoms with van der Waals surface area (Å²) in [4.78, 5) is 12.5. The van der Waals surface area contributed by atoms with Gasteiger partial charge in [0, 0.05) is 0 Å². The van der Waals surface area contributed by atoms with Crippen molar-refractivity contribution >= 4 is 35.0 Å². The molecule has 2 aromatic heterocycles. The molecule has 2 heterocycles. The van der Waals surface area contributed by atoms with Crippen LogP contribution in [0, 0.1) is 13.8 Å². The first-order chi connectivity index (χ1) is 14.5. The Kier molecular flexibility index (Phi) is 5.92. The Morgan fingerprint density at radius 3 is 2.70 bits per heavy atom. The largest absolute Gasteiger partial charge is 0.461 e. The van der Waals surface area contributed by atoms with Crippen molar-refractivity contribution in [3.63, 3.8) is 0 Å². The van der Waals surface area contributed by atoms with Gasteiger partial charge in [-0.3, -0.25) is 9.36 Å². The summed E-state index contributed by atoms with van der Waals surface area (Å²) in [6, 6.07) is 16.8. The van der Waals surface area contributed by atoms with Crippen LogP contribution in [0.4, 0.5) is 5.69 Å². The van der Waals surface area contributed by atoms with Crippen molar-refractivity contribution in [3.8, 4) is 17.3 Å². The number of carbonyl (C=O) groups excluding carboxylic acids is 1. The number of aryl methyl sites for hydroxylation is 1. The molecule has 152 valence electrons. The topological polar surface area (TPSA) is 73.0 Å². The van der Waals surface area contributed by atoms with Gasteiger partial charge in [-0.05, 0) is 55.3 Å². The number of hydrogen-bond acceptors (Lipinski definition) is 5. The number of halogens is 1. The summed E-state index contributed by atoms with van der Waals surface area (Å²) in [5.41, 5.74) is 3.78. The molecule has 1 N–H and O–H groups in total. The van der Waals surface area contributed by atoms with Crippen LogP contribution < -0.4 is 5.32 Å². The molecule has 0 saturated heterocycles. The molecule has 30 heavy (non-hydrogen) atoms. The van der Waals surface area contributed by atoms with Crippen molar-refractivity contribution in [3.05, 3.63) is 77.0 Å². The van der Waals surface area contributed by atoms with Crippen LogP contribution in [0.25, 0.3) is 17.3 Å². The maximum absolute atomic E-state index is 12.5. The van der Waals surface area contributed by atoms with Crippen molar-refractivity contribution < 1.29 is 9.21 Å². The van der Waals surface area contributed by atoms with E-state index in [1.807, 2.05) is 34.9 Å². The molecule has 4 rings (SSSR count). The molecular weight excluding hydrogens is 420 g/mol. The molecule has 0 atom stereocenters. The van der Waals surface area contributed by atoms with E-state index in [1.54, 1.807) is 24.5 Å². The summed E-state index contributed by atoms with van der Waals surface area (Å²) in [5, 5.41) is 12.6. The summed E-state index contributed by atoms with van der Waals surface area (Å²) in [5.74, 6) is 1.17. The average molecular weight is 439 g/mol. The number of aromatic nitrogens is 3. The van der Waals surface area contributed by atoms with Gasteiger partial charge in [-0.2, -0.15) is 0 Å². The molecule has 8 heteroatoms. The predicted octanol–water partition coefficient (Wildman–Crippen LogP) is 5.53. The van der Waals surface area contributed by atoms with Crippen molar-refractivity contribution in [1.82, 2.24) is 14.8 Å². The van der Waals surface area contributed by atoms with Crippen molar-refractivity contribution in [2.24, 2.45) is 0 Å². The first-order valence-corrected chi connectivity index (χ1v) is 10.6. The van der Waals surface area contributed by atoms with Gasteiger partial charge < -0.3 is 9.73 Å². The van der Waals surface area contributed by atoms with E-state index in [0.717, 1.165) is 16.8 Å². The van der Waals surface area contributed by atoms with Crippen LogP contribution in [0.5, 0.6) is 0 Å². The molecule has 1 amide bonds. The number of anilines is 1. The maximum Gasteiger partial charge on any atom is 0.234 e. The zero-order valence-electron chi connectivity index (χ0n) is 16.4. The van der Waals surface area contributed by atoms with E-state index in [0.29, 0.717) is 27.5 Å². The zero-order valence-corrected chi connectivity index (χ0v) is 18.0. The monoisotopic (exact) mass is 438 g/mol. The van der Waals surface area contributed by atoms with Gasteiger partial charge in [0.2, 0.25) is 11.7 Å². The third-order valence-electron chi connectivity index (χ3n) is 4.67. The second-order valence-corrected chi connectivity index (χ2v) is 8.00. The SMILES string of the molecule is Cc1cccc(-n2c(SCC(=O)Nc3ccccc3Cl)nnc2-c2ccco2)c1C. The van der Waals surface area contributed by atoms with Crippen LogP contribution in [0.1, 0.15) is 11.1 Å². The molecule has 0 unspecified atom stereocenters. The molecule has 0 aliphatic carbocycles. The van der Waals surface area contributed by atoms with E-state index in [9.17, 15) is 4.79 Å². The molecule has 0 aliphatic heterocycles. The zero-order chi connectivity index (χ0) is 21.1. The second kappa shape index (κ2) is 8.77. The van der Waals surface area contributed by atoms with Crippen LogP contribution in [0.3, 0.4) is 0 Å². The number of furan rings is 1. The smallest absolute Gasteiger partial charge is 0.234 e. The van der Waals surface area contributed by atoms with Crippen molar-refractivity contribution in [2.75, 3.05) is 11.1 Å². The van der Waals surface area contributed by atoms with E-state index in [4.69, 9.17) is 16.0 Å². The standard InChI is InChI=1S/C22H19ClN4O2S/c1-14-7-5-10-18(15(14)2)27-21(19-11-6-12-29-19)25-26-22(27)30-13-20(28)24-17-9-4-3-8-16(17)23/h3-12H,13H2,1-2H3,(H,24,28). The fourth-order valence-electron chi connectivity index (χ4n) is 3.00. The minimum Gasteiger partial charge on any atom is -0.461 e. The van der Waals surface area contributed by atoms with Gasteiger partial charge in [0.25, 0.3) is 0 Å². The Morgan fingerprint density at radius 1 is 1.10 bits per heavy atom. The highest BCUT2D eigenvalue weighted by molar-refractivity contribution is 7.99. The van der Waals surface area contributed by atoms with Crippen LogP contribution >= 0.6 is 23.4 Å². The van der Waals surface area contributed by atoms with E-state index in [-0.39, 0.29) is 11.7 Å². The van der Waals surface area contributed by atoms with E-state index >= 15 is 0 Å². The summed E-state index contributed by atoms with van der Waals surface area (Å²) in [6.07, 6.45) is 1.60. The maximum atomic E-state index is 12.5. The lowest BCUT2D eigenvalue weighted by molar-refractivity contribution is -0.113. The molecule has 0 aliphatic rings. The van der Waals surface area contributed by atoms with Crippen LogP contribution in [0.15, 0.2) is 70.4 Å². The third-order valence-corrected chi connectivity index (χ3v) is 5.93. The number of amides is 1. The first-order valence-electron chi connectivity index (χ1n) is 9.27. The molecular formula is C22H19ClN4O2S. The molecule has 0 radical (unpaired) electrons. The lowest BCUT2D eigenvalue weighted by Crippen LogP contribution is -2.15. The van der Waals surface area contributed by atoms with E-state index in [2.05, 4.69) is 35.4 Å². The first kappa shape index (κ1) is 20.3. The Bertz CT molecular complexity index is 1190. The number of carbonyl (C=O) groups is 1. The van der Waals surface area contributed by atoms with E-state index in [1.165, 1.54) is 11.8 Å². The lowest BCUT2D eigenvalue weighted by Gasteiger charge is -2.13. The van der Waals surface area contributed by atoms with Gasteiger partial charge in [0.1, 0.15) is 0 Å². The molecule has 4 aromatic rings. The minimum absolute atomic E-state index is 0.159. The highest BCUT2D eigenvalue weighted by atomic mass is 35.5. The number of nitrogens with zero attached hydrogens (tertiary/aromatic N) is 3. The molecule has 6 nitrogen and oxygen atoms in total. The Morgan fingerprint density at radius 2 is 1.93 bits per heavy atom. The highest BCUT2D eigenvalue weighted by Crippen LogP contribution is 2.31. The summed E-state index contributed by atoms with van der Waals surface area (Å²) >= 11 is 7.43. The van der Waals surface area contributed by atoms with Crippen molar-refractivity contribution in [2.45, 2.75) is 19.0 Å². The number of para-hydroxylation sites is 1. The van der Waals surface area contributed by atoms with E-state index < -0.39 is 0 Å². The van der Waals surface area contributed by atoms with Gasteiger partial charge in [0.15, 0.2) is 10.9 Å². The van der Waals surface area contributed by atoms with Gasteiger partial charge in [-0.25, -0.2) is 0 Å². The molecule has 0 bridgehead atoms. The Balaban J connectivity index is 1.63. The highest BCUT2D eigenvalue weighted by Gasteiger charge is 2.20. The van der Waals surface area contributed by atoms with Gasteiger partial charge in [-0.15, -0.1) is 10.2 Å². The van der Waals surface area contributed by atoms with Gasteiger partial charge in [0.05, 0.1) is 28.4 Å². The third kappa shape index (κ3) is 4.13. The van der Waals surface area contributed by atoms with Crippen LogP contribution in [0.2, 0.25) is 5.02 Å². The predicted molar refractivity (Wildman–Crippen MR) is 119 cm³/mol. The average Bonchev–Trinajstić information content (AvgIpc) is 3.40. The summed E-state index contributed by atoms with van der Waals surface area (Å²) in [6.45, 7) is 4.11. The van der Waals surface area contributed by atoms with Gasteiger partial charge >= 0.3 is 0 Å². The lowest BCUT2D eigenvalue weighted by atomic mass is 10.1. The summed E-state index contributed by atoms with van der Waals surface area (Å²) < 4.78 is 7.48. The van der Waals surface area contributed by atoms with Crippen LogP contribution in [-0.4, -0.2) is 26.4 Å². The quantitative estimate of drug-likeness (QED) is 0.401. The molecule has 0 fully saturated rings. The van der Waals surface area contributed by atoms with Crippen LogP contribution in [-0.2, 0) is 4.79 Å². The van der Waals surface area contributed by atoms with Crippen molar-refractivity contribution in [1.29, 1.82) is 0 Å². The number of thioether (sulfide) groups is 1. The minimum atomic E-state index is -0.178.